The summed E-state index contributed by atoms with van der Waals surface area (Å²) < 4.78 is 39.8. The topological polar surface area (TPSA) is 66.5 Å². The molecule has 5 nitrogen and oxygen atoms in total. The number of hydrogen-bond acceptors (Lipinski definition) is 3. The number of nitrogens with zero attached hydrogens (tertiary/aromatic N) is 1. The predicted molar refractivity (Wildman–Crippen MR) is 116 cm³/mol. The Morgan fingerprint density at radius 2 is 1.63 bits per heavy atom. The molecule has 0 saturated carbocycles. The number of carbonyl (C=O) groups is 1. The van der Waals surface area contributed by atoms with Crippen molar-refractivity contribution in [2.45, 2.75) is 44.4 Å². The van der Waals surface area contributed by atoms with E-state index < -0.39 is 15.8 Å². The molecule has 0 radical (unpaired) electrons. The van der Waals surface area contributed by atoms with Crippen molar-refractivity contribution in [1.82, 2.24) is 9.62 Å². The molecule has 1 fully saturated rings. The van der Waals surface area contributed by atoms with E-state index >= 15 is 0 Å². The van der Waals surface area contributed by atoms with Crippen molar-refractivity contribution in [3.8, 4) is 0 Å². The second-order valence-electron chi connectivity index (χ2n) is 8.59. The van der Waals surface area contributed by atoms with Crippen molar-refractivity contribution < 1.29 is 17.6 Å². The average molecular weight is 433 g/mol. The number of hydrogen-bond donors (Lipinski definition) is 1. The lowest BCUT2D eigenvalue weighted by Gasteiger charge is -2.33. The largest absolute Gasteiger partial charge is 0.351 e. The Morgan fingerprint density at radius 1 is 1.03 bits per heavy atom. The molecule has 1 heterocycles. The second kappa shape index (κ2) is 9.27. The van der Waals surface area contributed by atoms with E-state index in [0.717, 1.165) is 12.0 Å². The van der Waals surface area contributed by atoms with Gasteiger partial charge in [0.15, 0.2) is 0 Å². The molecular weight excluding hydrogens is 403 g/mol. The van der Waals surface area contributed by atoms with Crippen LogP contribution < -0.4 is 5.32 Å². The van der Waals surface area contributed by atoms with Gasteiger partial charge in [0.1, 0.15) is 5.82 Å². The van der Waals surface area contributed by atoms with Crippen molar-refractivity contribution in [1.29, 1.82) is 0 Å². The number of amides is 1. The van der Waals surface area contributed by atoms with Crippen molar-refractivity contribution in [2.24, 2.45) is 5.92 Å². The molecule has 1 amide bonds. The monoisotopic (exact) mass is 432 g/mol. The van der Waals surface area contributed by atoms with Crippen molar-refractivity contribution >= 4 is 15.9 Å². The summed E-state index contributed by atoms with van der Waals surface area (Å²) in [4.78, 5) is 12.8. The summed E-state index contributed by atoms with van der Waals surface area (Å²) in [6.07, 6.45) is 1.72. The first-order valence-electron chi connectivity index (χ1n) is 10.2. The molecule has 162 valence electrons. The number of rotatable bonds is 7. The van der Waals surface area contributed by atoms with Crippen molar-refractivity contribution in [3.63, 3.8) is 0 Å². The highest BCUT2D eigenvalue weighted by Gasteiger charge is 2.33. The third-order valence-corrected chi connectivity index (χ3v) is 7.28. The van der Waals surface area contributed by atoms with Gasteiger partial charge < -0.3 is 5.32 Å². The molecule has 1 aliphatic heterocycles. The zero-order valence-electron chi connectivity index (χ0n) is 17.5. The fourth-order valence-electron chi connectivity index (χ4n) is 3.86. The molecule has 2 aromatic carbocycles. The zero-order valence-corrected chi connectivity index (χ0v) is 18.3. The summed E-state index contributed by atoms with van der Waals surface area (Å²) in [5.74, 6) is -0.768. The first-order chi connectivity index (χ1) is 14.1. The van der Waals surface area contributed by atoms with Crippen LogP contribution in [0.1, 0.15) is 37.8 Å². The minimum absolute atomic E-state index is 0.0217. The maximum Gasteiger partial charge on any atom is 0.223 e. The van der Waals surface area contributed by atoms with Crippen LogP contribution in [-0.4, -0.2) is 37.3 Å². The Bertz CT molecular complexity index is 952. The molecule has 0 unspecified atom stereocenters. The third kappa shape index (κ3) is 6.12. The van der Waals surface area contributed by atoms with Gasteiger partial charge in [-0.2, -0.15) is 0 Å². The van der Waals surface area contributed by atoms with Crippen LogP contribution in [0.25, 0.3) is 0 Å². The van der Waals surface area contributed by atoms with Crippen LogP contribution in [0.15, 0.2) is 54.6 Å². The predicted octanol–water partition coefficient (Wildman–Crippen LogP) is 3.51. The van der Waals surface area contributed by atoms with Crippen LogP contribution in [0.2, 0.25) is 0 Å². The summed E-state index contributed by atoms with van der Waals surface area (Å²) in [7, 11) is -3.50. The summed E-state index contributed by atoms with van der Waals surface area (Å²) >= 11 is 0. The van der Waals surface area contributed by atoms with Crippen LogP contribution in [0, 0.1) is 11.7 Å². The first-order valence-corrected chi connectivity index (χ1v) is 11.8. The Hall–Kier alpha value is -2.25. The van der Waals surface area contributed by atoms with Gasteiger partial charge >= 0.3 is 0 Å². The molecule has 3 rings (SSSR count). The van der Waals surface area contributed by atoms with Gasteiger partial charge in [-0.05, 0) is 56.4 Å². The standard InChI is InChI=1S/C23H29FN2O3S/c1-23(2,16-18-6-4-3-5-7-18)25-22(27)20-12-14-26(15-13-20)30(28,29)17-19-8-10-21(24)11-9-19/h3-11,20H,12-17H2,1-2H3,(H,25,27). The molecule has 7 heteroatoms. The van der Waals surface area contributed by atoms with Crippen molar-refractivity contribution in [3.05, 3.63) is 71.5 Å². The van der Waals surface area contributed by atoms with Gasteiger partial charge in [-0.1, -0.05) is 42.5 Å². The van der Waals surface area contributed by atoms with E-state index in [4.69, 9.17) is 0 Å². The molecule has 0 aromatic heterocycles. The fraction of sp³-hybridized carbons (Fsp3) is 0.435. The van der Waals surface area contributed by atoms with Crippen molar-refractivity contribution in [2.75, 3.05) is 13.1 Å². The number of carbonyl (C=O) groups excluding carboxylic acids is 1. The fourth-order valence-corrected chi connectivity index (χ4v) is 5.43. The highest BCUT2D eigenvalue weighted by molar-refractivity contribution is 7.88. The van der Waals surface area contributed by atoms with Crippen LogP contribution in [-0.2, 0) is 27.0 Å². The number of sulfonamides is 1. The van der Waals surface area contributed by atoms with Gasteiger partial charge in [0, 0.05) is 24.5 Å². The molecule has 0 bridgehead atoms. The van der Waals surface area contributed by atoms with Gasteiger partial charge in [0.05, 0.1) is 5.75 Å². The van der Waals surface area contributed by atoms with E-state index in [1.807, 2.05) is 44.2 Å². The smallest absolute Gasteiger partial charge is 0.223 e. The molecule has 1 saturated heterocycles. The maximum absolute atomic E-state index is 13.0. The van der Waals surface area contributed by atoms with E-state index in [2.05, 4.69) is 5.32 Å². The number of piperidine rings is 1. The molecule has 1 N–H and O–H groups in total. The quantitative estimate of drug-likeness (QED) is 0.728. The first kappa shape index (κ1) is 22.4. The van der Waals surface area contributed by atoms with Crippen LogP contribution in [0.5, 0.6) is 0 Å². The zero-order chi connectivity index (χ0) is 21.8. The van der Waals surface area contributed by atoms with E-state index in [1.165, 1.54) is 28.6 Å². The van der Waals surface area contributed by atoms with Crippen LogP contribution in [0.4, 0.5) is 4.39 Å². The molecule has 0 spiro atoms. The number of benzene rings is 2. The average Bonchev–Trinajstić information content (AvgIpc) is 2.70. The molecule has 0 aliphatic carbocycles. The Balaban J connectivity index is 1.52. The number of nitrogens with one attached hydrogen (secondary N) is 1. The lowest BCUT2D eigenvalue weighted by Crippen LogP contribution is -2.50. The van der Waals surface area contributed by atoms with Gasteiger partial charge in [-0.25, -0.2) is 17.1 Å². The highest BCUT2D eigenvalue weighted by atomic mass is 32.2. The van der Waals surface area contributed by atoms with Gasteiger partial charge in [0.2, 0.25) is 15.9 Å². The third-order valence-electron chi connectivity index (χ3n) is 5.43. The van der Waals surface area contributed by atoms with E-state index in [1.54, 1.807) is 0 Å². The maximum atomic E-state index is 13.0. The van der Waals surface area contributed by atoms with E-state index in [0.29, 0.717) is 31.5 Å². The molecule has 0 atom stereocenters. The Kier molecular flexibility index (Phi) is 6.93. The highest BCUT2D eigenvalue weighted by Crippen LogP contribution is 2.23. The molecule has 2 aromatic rings. The van der Waals surface area contributed by atoms with E-state index in [-0.39, 0.29) is 23.1 Å². The van der Waals surface area contributed by atoms with Gasteiger partial charge in [-0.15, -0.1) is 0 Å². The summed E-state index contributed by atoms with van der Waals surface area (Å²) in [5.41, 5.74) is 1.33. The summed E-state index contributed by atoms with van der Waals surface area (Å²) in [5, 5.41) is 3.13. The molecular formula is C23H29FN2O3S. The summed E-state index contributed by atoms with van der Waals surface area (Å²) in [6, 6.07) is 15.5. The minimum atomic E-state index is -3.50. The molecule has 1 aliphatic rings. The molecule has 30 heavy (non-hydrogen) atoms. The Morgan fingerprint density at radius 3 is 2.23 bits per heavy atom. The summed E-state index contributed by atoms with van der Waals surface area (Å²) in [6.45, 7) is 4.64. The Labute approximate surface area is 178 Å². The van der Waals surface area contributed by atoms with Crippen LogP contribution >= 0.6 is 0 Å². The van der Waals surface area contributed by atoms with Gasteiger partial charge in [-0.3, -0.25) is 4.79 Å². The van der Waals surface area contributed by atoms with Gasteiger partial charge in [0.25, 0.3) is 0 Å². The minimum Gasteiger partial charge on any atom is -0.351 e. The van der Waals surface area contributed by atoms with E-state index in [9.17, 15) is 17.6 Å². The lowest BCUT2D eigenvalue weighted by atomic mass is 9.91. The second-order valence-corrected chi connectivity index (χ2v) is 10.6. The SMILES string of the molecule is CC(C)(Cc1ccccc1)NC(=O)C1CCN(S(=O)(=O)Cc2ccc(F)cc2)CC1. The number of halogens is 1. The lowest BCUT2D eigenvalue weighted by molar-refractivity contribution is -0.127. The van der Waals surface area contributed by atoms with Crippen LogP contribution in [0.3, 0.4) is 0 Å². The normalized spacial score (nSPS) is 16.4.